The molecule has 5 atom stereocenters. The van der Waals surface area contributed by atoms with Crippen molar-refractivity contribution in [3.63, 3.8) is 0 Å². The van der Waals surface area contributed by atoms with Gasteiger partial charge in [-0.05, 0) is 12.0 Å². The molecule has 1 aliphatic rings. The van der Waals surface area contributed by atoms with Gasteiger partial charge in [0.1, 0.15) is 36.2 Å². The van der Waals surface area contributed by atoms with Crippen molar-refractivity contribution in [1.82, 2.24) is 24.4 Å². The lowest BCUT2D eigenvalue weighted by Crippen LogP contribution is -2.42. The third-order valence-corrected chi connectivity index (χ3v) is 6.27. The number of anilines is 1. The molecule has 38 heavy (non-hydrogen) atoms. The van der Waals surface area contributed by atoms with Gasteiger partial charge >= 0.3 is 5.97 Å². The zero-order valence-electron chi connectivity index (χ0n) is 20.1. The predicted molar refractivity (Wildman–Crippen MR) is 134 cm³/mol. The summed E-state index contributed by atoms with van der Waals surface area (Å²) in [6, 6.07) is 5.02. The first-order valence-corrected chi connectivity index (χ1v) is 11.7. The van der Waals surface area contributed by atoms with Gasteiger partial charge in [-0.1, -0.05) is 24.3 Å². The van der Waals surface area contributed by atoms with Crippen molar-refractivity contribution in [1.29, 1.82) is 0 Å². The average Bonchev–Trinajstić information content (AvgIpc) is 3.44. The van der Waals surface area contributed by atoms with Gasteiger partial charge in [-0.3, -0.25) is 24.4 Å². The number of nitro benzene ring substituents is 1. The van der Waals surface area contributed by atoms with E-state index >= 15 is 0 Å². The summed E-state index contributed by atoms with van der Waals surface area (Å²) in [5.74, 6) is -0.979. The van der Waals surface area contributed by atoms with Gasteiger partial charge in [0.25, 0.3) is 5.69 Å². The van der Waals surface area contributed by atoms with E-state index in [1.165, 1.54) is 29.4 Å². The van der Waals surface area contributed by atoms with Crippen LogP contribution in [0, 0.1) is 10.1 Å². The number of nitrogen functional groups attached to an aromatic ring is 1. The molecule has 7 N–H and O–H groups in total. The number of carboxylic acids is 1. The Morgan fingerprint density at radius 2 is 2.08 bits per heavy atom. The standard InChI is InChI=1S/C23H28N8O7/c24-15(23(34)35)6-8-29(7-2-4-13-3-1-5-14(9-13)31(36)37)10-16-18(32)19(33)22(38-16)30-12-28-17-20(25)26-11-27-21(17)30/h1-5,9,11-12,15-16,18-19,22,32-33H,6-8,10,24H2,(H,34,35)(H2,25,26,27)/b4-2+/t15-,16+,18+,19+,22+/m0/s1. The molecule has 0 amide bonds. The van der Waals surface area contributed by atoms with E-state index in [1.54, 1.807) is 24.3 Å². The minimum atomic E-state index is -1.31. The third kappa shape index (κ3) is 5.92. The Morgan fingerprint density at radius 3 is 2.82 bits per heavy atom. The van der Waals surface area contributed by atoms with Gasteiger partial charge in [0.2, 0.25) is 0 Å². The molecule has 1 aromatic carbocycles. The topological polar surface area (TPSA) is 229 Å². The number of non-ortho nitro benzene ring substituents is 1. The van der Waals surface area contributed by atoms with Crippen LogP contribution < -0.4 is 11.5 Å². The highest BCUT2D eigenvalue weighted by Gasteiger charge is 2.44. The maximum absolute atomic E-state index is 11.2. The van der Waals surface area contributed by atoms with Crippen molar-refractivity contribution in [3.8, 4) is 0 Å². The minimum absolute atomic E-state index is 0.0435. The number of aliphatic carboxylic acids is 1. The van der Waals surface area contributed by atoms with Crippen LogP contribution in [0.25, 0.3) is 17.2 Å². The number of nitro groups is 1. The fourth-order valence-electron chi connectivity index (χ4n) is 4.20. The first kappa shape index (κ1) is 27.0. The third-order valence-electron chi connectivity index (χ3n) is 6.27. The monoisotopic (exact) mass is 528 g/mol. The number of hydrogen-bond donors (Lipinski definition) is 5. The van der Waals surface area contributed by atoms with Crippen LogP contribution in [-0.2, 0) is 9.53 Å². The van der Waals surface area contributed by atoms with Gasteiger partial charge in [0.05, 0.1) is 11.3 Å². The molecule has 15 heteroatoms. The van der Waals surface area contributed by atoms with Crippen LogP contribution >= 0.6 is 0 Å². The average molecular weight is 529 g/mol. The van der Waals surface area contributed by atoms with E-state index in [9.17, 15) is 25.1 Å². The predicted octanol–water partition coefficient (Wildman–Crippen LogP) is -0.247. The summed E-state index contributed by atoms with van der Waals surface area (Å²) in [5, 5.41) is 41.7. The van der Waals surface area contributed by atoms with Crippen molar-refractivity contribution >= 4 is 34.7 Å². The number of fused-ring (bicyclic) bond motifs is 1. The van der Waals surface area contributed by atoms with Crippen LogP contribution in [0.2, 0.25) is 0 Å². The molecule has 0 radical (unpaired) electrons. The van der Waals surface area contributed by atoms with Gasteiger partial charge in [0, 0.05) is 31.8 Å². The number of carbonyl (C=O) groups is 1. The first-order valence-electron chi connectivity index (χ1n) is 11.7. The number of aliphatic hydroxyl groups is 2. The lowest BCUT2D eigenvalue weighted by Gasteiger charge is -2.26. The number of aromatic nitrogens is 4. The largest absolute Gasteiger partial charge is 0.480 e. The molecule has 0 bridgehead atoms. The molecular weight excluding hydrogens is 500 g/mol. The zero-order chi connectivity index (χ0) is 27.4. The molecule has 0 spiro atoms. The number of nitrogens with zero attached hydrogens (tertiary/aromatic N) is 6. The Kier molecular flexibility index (Phi) is 8.23. The molecule has 0 aliphatic carbocycles. The smallest absolute Gasteiger partial charge is 0.320 e. The number of ether oxygens (including phenoxy) is 1. The number of carboxylic acid groups (broad SMARTS) is 1. The number of aliphatic hydroxyl groups excluding tert-OH is 2. The number of imidazole rings is 1. The van der Waals surface area contributed by atoms with E-state index in [2.05, 4.69) is 15.0 Å². The van der Waals surface area contributed by atoms with Crippen molar-refractivity contribution in [2.24, 2.45) is 5.73 Å². The number of benzene rings is 1. The highest BCUT2D eigenvalue weighted by molar-refractivity contribution is 5.81. The van der Waals surface area contributed by atoms with Gasteiger partial charge < -0.3 is 31.5 Å². The van der Waals surface area contributed by atoms with Gasteiger partial charge in [-0.2, -0.15) is 0 Å². The fraction of sp³-hybridized carbons (Fsp3) is 0.391. The van der Waals surface area contributed by atoms with Crippen LogP contribution in [-0.4, -0.2) is 94.6 Å². The second-order valence-corrected chi connectivity index (χ2v) is 8.88. The Labute approximate surface area is 216 Å². The van der Waals surface area contributed by atoms with Gasteiger partial charge in [-0.25, -0.2) is 15.0 Å². The summed E-state index contributed by atoms with van der Waals surface area (Å²) < 4.78 is 7.47. The van der Waals surface area contributed by atoms with Crippen molar-refractivity contribution in [3.05, 3.63) is 58.7 Å². The minimum Gasteiger partial charge on any atom is -0.480 e. The molecule has 202 valence electrons. The maximum atomic E-state index is 11.2. The normalized spacial score (nSPS) is 22.4. The second kappa shape index (κ2) is 11.6. The Bertz CT molecular complexity index is 1330. The van der Waals surface area contributed by atoms with Gasteiger partial charge in [-0.15, -0.1) is 0 Å². The van der Waals surface area contributed by atoms with Crippen LogP contribution in [0.1, 0.15) is 18.2 Å². The molecule has 2 aromatic heterocycles. The van der Waals surface area contributed by atoms with Crippen molar-refractivity contribution < 1.29 is 29.8 Å². The number of rotatable bonds is 11. The van der Waals surface area contributed by atoms with E-state index in [4.69, 9.17) is 21.3 Å². The lowest BCUT2D eigenvalue weighted by atomic mass is 10.1. The first-order chi connectivity index (χ1) is 18.2. The molecule has 15 nitrogen and oxygen atoms in total. The molecule has 1 aliphatic heterocycles. The summed E-state index contributed by atoms with van der Waals surface area (Å²) in [5.41, 5.74) is 12.7. The summed E-state index contributed by atoms with van der Waals surface area (Å²) in [6.07, 6.45) is 1.79. The van der Waals surface area contributed by atoms with Crippen LogP contribution in [0.15, 0.2) is 43.0 Å². The summed E-state index contributed by atoms with van der Waals surface area (Å²) in [6.45, 7) is 0.669. The number of hydrogen-bond acceptors (Lipinski definition) is 12. The zero-order valence-corrected chi connectivity index (χ0v) is 20.1. The van der Waals surface area contributed by atoms with E-state index in [0.717, 1.165) is 0 Å². The molecule has 1 fully saturated rings. The summed E-state index contributed by atoms with van der Waals surface area (Å²) in [7, 11) is 0. The Morgan fingerprint density at radius 1 is 1.29 bits per heavy atom. The van der Waals surface area contributed by atoms with E-state index < -0.39 is 41.5 Å². The van der Waals surface area contributed by atoms with Crippen molar-refractivity contribution in [2.75, 3.05) is 25.4 Å². The molecule has 4 rings (SSSR count). The van der Waals surface area contributed by atoms with Crippen LogP contribution in [0.5, 0.6) is 0 Å². The van der Waals surface area contributed by atoms with Crippen LogP contribution in [0.4, 0.5) is 11.5 Å². The molecule has 1 saturated heterocycles. The molecule has 0 saturated carbocycles. The Hall–Kier alpha value is -4.02. The van der Waals surface area contributed by atoms with E-state index in [1.807, 2.05) is 4.90 Å². The lowest BCUT2D eigenvalue weighted by molar-refractivity contribution is -0.384. The summed E-state index contributed by atoms with van der Waals surface area (Å²) in [4.78, 5) is 35.8. The fourth-order valence-corrected chi connectivity index (χ4v) is 4.20. The van der Waals surface area contributed by atoms with E-state index in [-0.39, 0.29) is 31.0 Å². The molecule has 0 unspecified atom stereocenters. The summed E-state index contributed by atoms with van der Waals surface area (Å²) >= 11 is 0. The van der Waals surface area contributed by atoms with E-state index in [0.29, 0.717) is 23.3 Å². The quantitative estimate of drug-likeness (QED) is 0.160. The molecule has 3 aromatic rings. The van der Waals surface area contributed by atoms with Gasteiger partial charge in [0.15, 0.2) is 17.7 Å². The number of nitrogens with two attached hydrogens (primary N) is 2. The molecular formula is C23H28N8O7. The van der Waals surface area contributed by atoms with Crippen LogP contribution in [0.3, 0.4) is 0 Å². The highest BCUT2D eigenvalue weighted by atomic mass is 16.6. The highest BCUT2D eigenvalue weighted by Crippen LogP contribution is 2.32. The Balaban J connectivity index is 1.49. The SMILES string of the molecule is Nc1ncnc2c1ncn2[C@@H]1O[C@H](CN(C/C=C/c2cccc([N+](=O)[O-])c2)CC[C@H](N)C(=O)O)[C@@H](O)[C@H]1O. The maximum Gasteiger partial charge on any atom is 0.320 e. The second-order valence-electron chi connectivity index (χ2n) is 8.88. The van der Waals surface area contributed by atoms with Crippen molar-refractivity contribution in [2.45, 2.75) is 37.0 Å². The molecule has 3 heterocycles.